The molecule has 0 saturated heterocycles. The highest BCUT2D eigenvalue weighted by atomic mass is 19.1. The van der Waals surface area contributed by atoms with Crippen molar-refractivity contribution in [2.75, 3.05) is 6.54 Å². The molecule has 0 aliphatic heterocycles. The zero-order chi connectivity index (χ0) is 13.7. The number of halogens is 1. The lowest BCUT2D eigenvalue weighted by Crippen LogP contribution is -2.13. The van der Waals surface area contributed by atoms with Gasteiger partial charge in [-0.1, -0.05) is 19.1 Å². The fourth-order valence-electron chi connectivity index (χ4n) is 1.59. The van der Waals surface area contributed by atoms with Crippen LogP contribution >= 0.6 is 0 Å². The van der Waals surface area contributed by atoms with Crippen LogP contribution in [0.2, 0.25) is 0 Å². The van der Waals surface area contributed by atoms with Gasteiger partial charge in [-0.25, -0.2) is 9.37 Å². The van der Waals surface area contributed by atoms with E-state index in [9.17, 15) is 4.39 Å². The number of hydrogen-bond acceptors (Lipinski definition) is 4. The molecule has 1 aromatic heterocycles. The van der Waals surface area contributed by atoms with Gasteiger partial charge in [0.15, 0.2) is 11.6 Å². The van der Waals surface area contributed by atoms with E-state index in [1.54, 1.807) is 31.3 Å². The fourth-order valence-corrected chi connectivity index (χ4v) is 1.59. The van der Waals surface area contributed by atoms with E-state index in [2.05, 4.69) is 15.3 Å². The molecule has 4 nitrogen and oxygen atoms in total. The number of nitrogens with one attached hydrogen (secondary N) is 1. The van der Waals surface area contributed by atoms with E-state index in [0.717, 1.165) is 12.2 Å². The zero-order valence-corrected chi connectivity index (χ0v) is 11.0. The average Bonchev–Trinajstić information content (AvgIpc) is 2.42. The van der Waals surface area contributed by atoms with Crippen LogP contribution in [-0.2, 0) is 6.54 Å². The maximum absolute atomic E-state index is 13.8. The van der Waals surface area contributed by atoms with Crippen LogP contribution < -0.4 is 10.1 Å². The summed E-state index contributed by atoms with van der Waals surface area (Å²) in [7, 11) is 0. The van der Waals surface area contributed by atoms with Crippen molar-refractivity contribution < 1.29 is 9.13 Å². The monoisotopic (exact) mass is 261 g/mol. The highest BCUT2D eigenvalue weighted by Crippen LogP contribution is 2.24. The first-order chi connectivity index (χ1) is 9.20. The second-order valence-electron chi connectivity index (χ2n) is 4.12. The molecule has 0 amide bonds. The Kier molecular flexibility index (Phi) is 4.41. The summed E-state index contributed by atoms with van der Waals surface area (Å²) in [6.45, 7) is 5.15. The first-order valence-corrected chi connectivity index (χ1v) is 6.15. The predicted octanol–water partition coefficient (Wildman–Crippen LogP) is 2.83. The zero-order valence-electron chi connectivity index (χ0n) is 11.0. The molecule has 1 aromatic carbocycles. The van der Waals surface area contributed by atoms with Crippen molar-refractivity contribution in [1.29, 1.82) is 0 Å². The molecule has 0 atom stereocenters. The van der Waals surface area contributed by atoms with E-state index in [4.69, 9.17) is 4.74 Å². The average molecular weight is 261 g/mol. The first-order valence-electron chi connectivity index (χ1n) is 6.15. The third kappa shape index (κ3) is 3.48. The maximum atomic E-state index is 13.8. The normalized spacial score (nSPS) is 10.5. The molecule has 5 heteroatoms. The molecule has 19 heavy (non-hydrogen) atoms. The van der Waals surface area contributed by atoms with Gasteiger partial charge < -0.3 is 10.1 Å². The van der Waals surface area contributed by atoms with Crippen LogP contribution in [0.5, 0.6) is 11.6 Å². The van der Waals surface area contributed by atoms with Gasteiger partial charge in [-0.2, -0.15) is 0 Å². The first kappa shape index (κ1) is 13.4. The van der Waals surface area contributed by atoms with Gasteiger partial charge in [0.05, 0.1) is 11.9 Å². The molecule has 0 spiro atoms. The minimum Gasteiger partial charge on any atom is -0.434 e. The molecular formula is C14H16FN3O. The van der Waals surface area contributed by atoms with Crippen LogP contribution in [0.25, 0.3) is 0 Å². The SMILES string of the molecule is CCNCc1cncc(Oc2cccc(C)c2F)n1. The smallest absolute Gasteiger partial charge is 0.238 e. The van der Waals surface area contributed by atoms with E-state index in [-0.39, 0.29) is 11.6 Å². The molecule has 0 saturated carbocycles. The van der Waals surface area contributed by atoms with E-state index in [1.165, 1.54) is 6.20 Å². The van der Waals surface area contributed by atoms with Gasteiger partial charge in [-0.15, -0.1) is 0 Å². The standard InChI is InChI=1S/C14H16FN3O/c1-3-16-7-11-8-17-9-13(18-11)19-12-6-4-5-10(2)14(12)15/h4-6,8-9,16H,3,7H2,1-2H3. The number of hydrogen-bond donors (Lipinski definition) is 1. The minimum absolute atomic E-state index is 0.162. The van der Waals surface area contributed by atoms with Gasteiger partial charge in [0.1, 0.15) is 0 Å². The number of ether oxygens (including phenoxy) is 1. The lowest BCUT2D eigenvalue weighted by atomic mass is 10.2. The Labute approximate surface area is 111 Å². The van der Waals surface area contributed by atoms with Crippen molar-refractivity contribution in [3.05, 3.63) is 47.7 Å². The van der Waals surface area contributed by atoms with Crippen molar-refractivity contribution in [1.82, 2.24) is 15.3 Å². The quantitative estimate of drug-likeness (QED) is 0.899. The Morgan fingerprint density at radius 3 is 2.95 bits per heavy atom. The second kappa shape index (κ2) is 6.24. The van der Waals surface area contributed by atoms with Crippen molar-refractivity contribution in [3.8, 4) is 11.6 Å². The number of benzene rings is 1. The van der Waals surface area contributed by atoms with Crippen LogP contribution in [0.4, 0.5) is 4.39 Å². The fraction of sp³-hybridized carbons (Fsp3) is 0.286. The Hall–Kier alpha value is -2.01. The van der Waals surface area contributed by atoms with Crippen LogP contribution in [-0.4, -0.2) is 16.5 Å². The second-order valence-corrected chi connectivity index (χ2v) is 4.12. The molecule has 2 aromatic rings. The molecule has 1 heterocycles. The number of nitrogens with zero attached hydrogens (tertiary/aromatic N) is 2. The summed E-state index contributed by atoms with van der Waals surface area (Å²) < 4.78 is 19.2. The van der Waals surface area contributed by atoms with Gasteiger partial charge in [0.2, 0.25) is 5.88 Å². The summed E-state index contributed by atoms with van der Waals surface area (Å²) in [4.78, 5) is 8.30. The predicted molar refractivity (Wildman–Crippen MR) is 70.6 cm³/mol. The molecule has 0 aliphatic carbocycles. The molecule has 0 unspecified atom stereocenters. The van der Waals surface area contributed by atoms with Crippen molar-refractivity contribution in [3.63, 3.8) is 0 Å². The van der Waals surface area contributed by atoms with Crippen molar-refractivity contribution in [2.24, 2.45) is 0 Å². The Morgan fingerprint density at radius 1 is 1.32 bits per heavy atom. The summed E-state index contributed by atoms with van der Waals surface area (Å²) in [6.07, 6.45) is 3.12. The summed E-state index contributed by atoms with van der Waals surface area (Å²) in [5.74, 6) is 0.0798. The van der Waals surface area contributed by atoms with E-state index in [1.807, 2.05) is 6.92 Å². The number of aromatic nitrogens is 2. The highest BCUT2D eigenvalue weighted by Gasteiger charge is 2.08. The van der Waals surface area contributed by atoms with E-state index < -0.39 is 0 Å². The maximum Gasteiger partial charge on any atom is 0.238 e. The number of aryl methyl sites for hydroxylation is 1. The summed E-state index contributed by atoms with van der Waals surface area (Å²) in [6, 6.07) is 5.00. The topological polar surface area (TPSA) is 47.0 Å². The molecule has 0 bridgehead atoms. The molecule has 0 fully saturated rings. The Bertz CT molecular complexity index is 560. The number of rotatable bonds is 5. The summed E-state index contributed by atoms with van der Waals surface area (Å²) in [5.41, 5.74) is 1.29. The van der Waals surface area contributed by atoms with Crippen molar-refractivity contribution >= 4 is 0 Å². The Morgan fingerprint density at radius 2 is 2.16 bits per heavy atom. The van der Waals surface area contributed by atoms with Gasteiger partial charge in [0, 0.05) is 12.7 Å². The van der Waals surface area contributed by atoms with Crippen LogP contribution in [0.15, 0.2) is 30.6 Å². The third-order valence-corrected chi connectivity index (χ3v) is 2.59. The van der Waals surface area contributed by atoms with Gasteiger partial charge in [-0.05, 0) is 25.1 Å². The van der Waals surface area contributed by atoms with Crippen LogP contribution in [0, 0.1) is 12.7 Å². The molecule has 2 rings (SSSR count). The third-order valence-electron chi connectivity index (χ3n) is 2.59. The lowest BCUT2D eigenvalue weighted by Gasteiger charge is -2.08. The largest absolute Gasteiger partial charge is 0.434 e. The molecule has 1 N–H and O–H groups in total. The van der Waals surface area contributed by atoms with Gasteiger partial charge in [-0.3, -0.25) is 4.98 Å². The van der Waals surface area contributed by atoms with E-state index in [0.29, 0.717) is 18.0 Å². The Balaban J connectivity index is 2.16. The minimum atomic E-state index is -0.374. The molecule has 0 radical (unpaired) electrons. The molecule has 100 valence electrons. The van der Waals surface area contributed by atoms with Crippen LogP contribution in [0.1, 0.15) is 18.2 Å². The van der Waals surface area contributed by atoms with Crippen molar-refractivity contribution in [2.45, 2.75) is 20.4 Å². The van der Waals surface area contributed by atoms with Gasteiger partial charge in [0.25, 0.3) is 0 Å². The lowest BCUT2D eigenvalue weighted by molar-refractivity contribution is 0.421. The van der Waals surface area contributed by atoms with Crippen LogP contribution in [0.3, 0.4) is 0 Å². The highest BCUT2D eigenvalue weighted by molar-refractivity contribution is 5.32. The summed E-state index contributed by atoms with van der Waals surface area (Å²) in [5, 5.41) is 3.14. The summed E-state index contributed by atoms with van der Waals surface area (Å²) >= 11 is 0. The molecular weight excluding hydrogens is 245 g/mol. The van der Waals surface area contributed by atoms with Gasteiger partial charge >= 0.3 is 0 Å². The molecule has 0 aliphatic rings. The van der Waals surface area contributed by atoms with E-state index >= 15 is 0 Å².